The van der Waals surface area contributed by atoms with Crippen LogP contribution >= 0.6 is 0 Å². The van der Waals surface area contributed by atoms with Crippen LogP contribution < -0.4 is 0 Å². The fraction of sp³-hybridized carbons (Fsp3) is 0.692. The largest absolute Gasteiger partial charge is 0.347 e. The quantitative estimate of drug-likeness (QED) is 0.874. The Morgan fingerprint density at radius 2 is 2.18 bits per heavy atom. The van der Waals surface area contributed by atoms with E-state index in [-0.39, 0.29) is 11.3 Å². The highest BCUT2D eigenvalue weighted by Gasteiger charge is 2.36. The molecule has 0 aliphatic heterocycles. The fourth-order valence-electron chi connectivity index (χ4n) is 2.69. The van der Waals surface area contributed by atoms with Crippen molar-refractivity contribution in [3.8, 4) is 0 Å². The number of nitrogens with one attached hydrogen (secondary N) is 1. The SMILES string of the molecule is CN(Cc1ncc[nH]1)C(=O)C1(C)CCCCC1. The van der Waals surface area contributed by atoms with Crippen molar-refractivity contribution in [2.75, 3.05) is 7.05 Å². The molecule has 1 amide bonds. The van der Waals surface area contributed by atoms with E-state index in [0.29, 0.717) is 6.54 Å². The Labute approximate surface area is 102 Å². The summed E-state index contributed by atoms with van der Waals surface area (Å²) < 4.78 is 0. The molecule has 4 nitrogen and oxygen atoms in total. The fourth-order valence-corrected chi connectivity index (χ4v) is 2.69. The van der Waals surface area contributed by atoms with Crippen LogP contribution in [0.1, 0.15) is 44.9 Å². The highest BCUT2D eigenvalue weighted by atomic mass is 16.2. The van der Waals surface area contributed by atoms with Crippen LogP contribution in [0.5, 0.6) is 0 Å². The first-order chi connectivity index (χ1) is 8.12. The van der Waals surface area contributed by atoms with E-state index in [1.54, 1.807) is 17.3 Å². The first-order valence-corrected chi connectivity index (χ1v) is 6.36. The van der Waals surface area contributed by atoms with Gasteiger partial charge in [0.05, 0.1) is 6.54 Å². The van der Waals surface area contributed by atoms with Gasteiger partial charge in [-0.05, 0) is 12.8 Å². The second kappa shape index (κ2) is 4.90. The van der Waals surface area contributed by atoms with Crippen LogP contribution in [0, 0.1) is 5.41 Å². The van der Waals surface area contributed by atoms with Crippen molar-refractivity contribution in [2.24, 2.45) is 5.41 Å². The van der Waals surface area contributed by atoms with Gasteiger partial charge < -0.3 is 9.88 Å². The predicted octanol–water partition coefficient (Wildman–Crippen LogP) is 2.34. The molecular formula is C13H21N3O. The summed E-state index contributed by atoms with van der Waals surface area (Å²) in [6.07, 6.45) is 9.17. The zero-order valence-electron chi connectivity index (χ0n) is 10.7. The van der Waals surface area contributed by atoms with Crippen LogP contribution in [-0.2, 0) is 11.3 Å². The van der Waals surface area contributed by atoms with Gasteiger partial charge in [-0.25, -0.2) is 4.98 Å². The topological polar surface area (TPSA) is 49.0 Å². The molecule has 94 valence electrons. The number of aromatic nitrogens is 2. The minimum Gasteiger partial charge on any atom is -0.347 e. The maximum absolute atomic E-state index is 12.4. The molecule has 17 heavy (non-hydrogen) atoms. The first-order valence-electron chi connectivity index (χ1n) is 6.36. The van der Waals surface area contributed by atoms with Gasteiger partial charge in [0.25, 0.3) is 0 Å². The van der Waals surface area contributed by atoms with E-state index in [0.717, 1.165) is 18.7 Å². The van der Waals surface area contributed by atoms with Crippen molar-refractivity contribution in [3.05, 3.63) is 18.2 Å². The Hall–Kier alpha value is -1.32. The summed E-state index contributed by atoms with van der Waals surface area (Å²) >= 11 is 0. The summed E-state index contributed by atoms with van der Waals surface area (Å²) in [6, 6.07) is 0. The lowest BCUT2D eigenvalue weighted by Crippen LogP contribution is -2.41. The molecule has 0 radical (unpaired) electrons. The molecule has 0 aromatic carbocycles. The molecule has 0 unspecified atom stereocenters. The number of aromatic amines is 1. The summed E-state index contributed by atoms with van der Waals surface area (Å²) in [5.74, 6) is 1.11. The van der Waals surface area contributed by atoms with Crippen molar-refractivity contribution >= 4 is 5.91 Å². The van der Waals surface area contributed by atoms with Gasteiger partial charge in [0.1, 0.15) is 5.82 Å². The molecule has 1 aromatic rings. The smallest absolute Gasteiger partial charge is 0.228 e. The summed E-state index contributed by atoms with van der Waals surface area (Å²) in [4.78, 5) is 21.4. The Morgan fingerprint density at radius 1 is 1.47 bits per heavy atom. The van der Waals surface area contributed by atoms with Gasteiger partial charge in [0.2, 0.25) is 5.91 Å². The van der Waals surface area contributed by atoms with Crippen LogP contribution in [0.25, 0.3) is 0 Å². The third kappa shape index (κ3) is 2.68. The van der Waals surface area contributed by atoms with Gasteiger partial charge >= 0.3 is 0 Å². The van der Waals surface area contributed by atoms with E-state index in [1.807, 2.05) is 7.05 Å². The molecule has 1 fully saturated rings. The zero-order valence-corrected chi connectivity index (χ0v) is 10.7. The van der Waals surface area contributed by atoms with Gasteiger partial charge in [-0.15, -0.1) is 0 Å². The van der Waals surface area contributed by atoms with Gasteiger partial charge in [-0.2, -0.15) is 0 Å². The van der Waals surface area contributed by atoms with Crippen LogP contribution in [0.3, 0.4) is 0 Å². The molecule has 1 saturated carbocycles. The third-order valence-electron chi connectivity index (χ3n) is 3.76. The van der Waals surface area contributed by atoms with Crippen molar-refractivity contribution in [1.82, 2.24) is 14.9 Å². The lowest BCUT2D eigenvalue weighted by Gasteiger charge is -2.35. The number of carbonyl (C=O) groups excluding carboxylic acids is 1. The maximum Gasteiger partial charge on any atom is 0.228 e. The van der Waals surface area contributed by atoms with Crippen molar-refractivity contribution < 1.29 is 4.79 Å². The number of hydrogen-bond donors (Lipinski definition) is 1. The number of carbonyl (C=O) groups is 1. The summed E-state index contributed by atoms with van der Waals surface area (Å²) in [5, 5.41) is 0. The van der Waals surface area contributed by atoms with Crippen LogP contribution in [-0.4, -0.2) is 27.8 Å². The van der Waals surface area contributed by atoms with Crippen LogP contribution in [0.4, 0.5) is 0 Å². The van der Waals surface area contributed by atoms with Crippen molar-refractivity contribution in [3.63, 3.8) is 0 Å². The Kier molecular flexibility index (Phi) is 3.50. The number of amides is 1. The Morgan fingerprint density at radius 3 is 2.76 bits per heavy atom. The van der Waals surface area contributed by atoms with Crippen molar-refractivity contribution in [2.45, 2.75) is 45.6 Å². The van der Waals surface area contributed by atoms with Crippen LogP contribution in [0.15, 0.2) is 12.4 Å². The van der Waals surface area contributed by atoms with E-state index in [4.69, 9.17) is 0 Å². The normalized spacial score (nSPS) is 18.9. The van der Waals surface area contributed by atoms with E-state index in [9.17, 15) is 4.79 Å². The zero-order chi connectivity index (χ0) is 12.3. The number of nitrogens with zero attached hydrogens (tertiary/aromatic N) is 2. The first kappa shape index (κ1) is 12.1. The van der Waals surface area contributed by atoms with Gasteiger partial charge in [0.15, 0.2) is 0 Å². The minimum atomic E-state index is -0.153. The highest BCUT2D eigenvalue weighted by Crippen LogP contribution is 2.37. The molecule has 1 aliphatic rings. The number of rotatable bonds is 3. The van der Waals surface area contributed by atoms with Crippen LogP contribution in [0.2, 0.25) is 0 Å². The molecule has 0 spiro atoms. The molecule has 1 aromatic heterocycles. The molecule has 4 heteroatoms. The molecule has 1 heterocycles. The number of imidazole rings is 1. The number of hydrogen-bond acceptors (Lipinski definition) is 2. The standard InChI is InChI=1S/C13H21N3O/c1-13(6-4-3-5-7-13)12(17)16(2)10-11-14-8-9-15-11/h8-9H,3-7,10H2,1-2H3,(H,14,15). The molecule has 0 bridgehead atoms. The van der Waals surface area contributed by atoms with Gasteiger partial charge in [0, 0.05) is 24.9 Å². The monoisotopic (exact) mass is 235 g/mol. The maximum atomic E-state index is 12.4. The second-order valence-corrected chi connectivity index (χ2v) is 5.32. The average Bonchev–Trinajstić information content (AvgIpc) is 2.81. The summed E-state index contributed by atoms with van der Waals surface area (Å²) in [6.45, 7) is 2.68. The Balaban J connectivity index is 1.98. The molecule has 2 rings (SSSR count). The van der Waals surface area contributed by atoms with E-state index in [1.165, 1.54) is 19.3 Å². The lowest BCUT2D eigenvalue weighted by atomic mass is 9.75. The summed E-state index contributed by atoms with van der Waals surface area (Å²) in [5.41, 5.74) is -0.153. The molecule has 0 saturated heterocycles. The molecule has 1 aliphatic carbocycles. The second-order valence-electron chi connectivity index (χ2n) is 5.32. The average molecular weight is 235 g/mol. The highest BCUT2D eigenvalue weighted by molar-refractivity contribution is 5.82. The van der Waals surface area contributed by atoms with Gasteiger partial charge in [-0.3, -0.25) is 4.79 Å². The molecule has 1 N–H and O–H groups in total. The van der Waals surface area contributed by atoms with Gasteiger partial charge in [-0.1, -0.05) is 26.2 Å². The lowest BCUT2D eigenvalue weighted by molar-refractivity contribution is -0.142. The van der Waals surface area contributed by atoms with E-state index in [2.05, 4.69) is 16.9 Å². The summed E-state index contributed by atoms with van der Waals surface area (Å²) in [7, 11) is 1.87. The Bertz CT molecular complexity index is 366. The molecular weight excluding hydrogens is 214 g/mol. The molecule has 0 atom stereocenters. The number of H-pyrrole nitrogens is 1. The van der Waals surface area contributed by atoms with E-state index >= 15 is 0 Å². The minimum absolute atomic E-state index is 0.153. The van der Waals surface area contributed by atoms with E-state index < -0.39 is 0 Å². The van der Waals surface area contributed by atoms with Crippen molar-refractivity contribution in [1.29, 1.82) is 0 Å². The third-order valence-corrected chi connectivity index (χ3v) is 3.76. The predicted molar refractivity (Wildman–Crippen MR) is 66.3 cm³/mol.